The molecule has 1 saturated heterocycles. The minimum absolute atomic E-state index is 0.626. The molecule has 1 atom stereocenters. The number of aromatic nitrogens is 2. The van der Waals surface area contributed by atoms with Crippen molar-refractivity contribution in [1.29, 1.82) is 0 Å². The van der Waals surface area contributed by atoms with Crippen LogP contribution in [0.25, 0.3) is 0 Å². The van der Waals surface area contributed by atoms with Crippen LogP contribution in [-0.4, -0.2) is 40.9 Å². The van der Waals surface area contributed by atoms with E-state index < -0.39 is 0 Å². The lowest BCUT2D eigenvalue weighted by molar-refractivity contribution is 0.134. The molecule has 5 heteroatoms. The van der Waals surface area contributed by atoms with Gasteiger partial charge in [0.15, 0.2) is 0 Å². The first-order chi connectivity index (χ1) is 8.81. The Balaban J connectivity index is 1.89. The Kier molecular flexibility index (Phi) is 5.13. The second kappa shape index (κ2) is 6.85. The number of nitrogens with one attached hydrogen (secondary N) is 1. The highest BCUT2D eigenvalue weighted by atomic mass is 16.6. The number of nitrogens with zero attached hydrogens (tertiary/aromatic N) is 3. The van der Waals surface area contributed by atoms with Crippen molar-refractivity contribution < 1.29 is 4.63 Å². The van der Waals surface area contributed by atoms with Crippen LogP contribution in [0.4, 0.5) is 0 Å². The molecule has 1 fully saturated rings. The Hall–Kier alpha value is -0.940. The molecule has 0 aliphatic carbocycles. The van der Waals surface area contributed by atoms with Crippen molar-refractivity contribution in [2.75, 3.05) is 19.6 Å². The van der Waals surface area contributed by atoms with Gasteiger partial charge in [-0.15, -0.1) is 0 Å². The molecule has 5 nitrogen and oxygen atoms in total. The number of piperidine rings is 1. The van der Waals surface area contributed by atoms with Gasteiger partial charge in [-0.1, -0.05) is 23.7 Å². The normalized spacial score (nSPS) is 21.3. The first kappa shape index (κ1) is 13.5. The highest BCUT2D eigenvalue weighted by Crippen LogP contribution is 2.19. The van der Waals surface area contributed by atoms with Crippen molar-refractivity contribution in [1.82, 2.24) is 20.5 Å². The van der Waals surface area contributed by atoms with E-state index in [4.69, 9.17) is 4.63 Å². The molecule has 2 rings (SSSR count). The largest absolute Gasteiger partial charge is 0.315 e. The summed E-state index contributed by atoms with van der Waals surface area (Å²) in [6.07, 6.45) is 5.10. The number of aryl methyl sites for hydroxylation is 1. The number of rotatable bonds is 6. The summed E-state index contributed by atoms with van der Waals surface area (Å²) in [5.74, 6) is 0. The summed E-state index contributed by atoms with van der Waals surface area (Å²) in [6, 6.07) is 0.626. The first-order valence-corrected chi connectivity index (χ1v) is 7.04. The quantitative estimate of drug-likeness (QED) is 0.781. The molecule has 2 heterocycles. The molecule has 18 heavy (non-hydrogen) atoms. The molecule has 1 aliphatic heterocycles. The molecule has 1 N–H and O–H groups in total. The summed E-state index contributed by atoms with van der Waals surface area (Å²) in [5, 5.41) is 11.4. The maximum atomic E-state index is 4.78. The van der Waals surface area contributed by atoms with Crippen molar-refractivity contribution in [3.63, 3.8) is 0 Å². The highest BCUT2D eigenvalue weighted by Gasteiger charge is 2.23. The molecule has 0 amide bonds. The van der Waals surface area contributed by atoms with E-state index in [-0.39, 0.29) is 0 Å². The smallest absolute Gasteiger partial charge is 0.122 e. The highest BCUT2D eigenvalue weighted by molar-refractivity contribution is 5.04. The monoisotopic (exact) mass is 252 g/mol. The molecule has 1 aliphatic rings. The lowest BCUT2D eigenvalue weighted by Crippen LogP contribution is -2.45. The molecular formula is C13H24N4O. The maximum Gasteiger partial charge on any atom is 0.122 e. The molecule has 1 aromatic rings. The summed E-state index contributed by atoms with van der Waals surface area (Å²) in [5.41, 5.74) is 1.90. The van der Waals surface area contributed by atoms with Crippen LogP contribution in [-0.2, 0) is 6.54 Å². The van der Waals surface area contributed by atoms with Gasteiger partial charge in [0.2, 0.25) is 0 Å². The summed E-state index contributed by atoms with van der Waals surface area (Å²) in [7, 11) is 0. The molecule has 1 aromatic heterocycles. The Morgan fingerprint density at radius 2 is 2.28 bits per heavy atom. The van der Waals surface area contributed by atoms with Crippen LogP contribution >= 0.6 is 0 Å². The average molecular weight is 252 g/mol. The van der Waals surface area contributed by atoms with Gasteiger partial charge in [0, 0.05) is 19.1 Å². The van der Waals surface area contributed by atoms with E-state index in [1.165, 1.54) is 25.7 Å². The van der Waals surface area contributed by atoms with Gasteiger partial charge >= 0.3 is 0 Å². The number of hydrogen-bond donors (Lipinski definition) is 1. The van der Waals surface area contributed by atoms with Gasteiger partial charge in [-0.2, -0.15) is 0 Å². The van der Waals surface area contributed by atoms with Gasteiger partial charge in [-0.05, 0) is 39.3 Å². The molecule has 0 spiro atoms. The zero-order chi connectivity index (χ0) is 12.8. The SMILES string of the molecule is CCCNCC1CCCCN1Cc1nonc1C. The van der Waals surface area contributed by atoms with Crippen LogP contribution in [0, 0.1) is 6.92 Å². The van der Waals surface area contributed by atoms with Gasteiger partial charge < -0.3 is 5.32 Å². The van der Waals surface area contributed by atoms with Crippen molar-refractivity contribution in [2.24, 2.45) is 0 Å². The molecule has 1 unspecified atom stereocenters. The predicted molar refractivity (Wildman–Crippen MR) is 70.2 cm³/mol. The van der Waals surface area contributed by atoms with Gasteiger partial charge in [0.25, 0.3) is 0 Å². The number of hydrogen-bond acceptors (Lipinski definition) is 5. The fraction of sp³-hybridized carbons (Fsp3) is 0.846. The van der Waals surface area contributed by atoms with E-state index in [1.807, 2.05) is 6.92 Å². The van der Waals surface area contributed by atoms with E-state index in [0.717, 1.165) is 37.6 Å². The first-order valence-electron chi connectivity index (χ1n) is 7.04. The van der Waals surface area contributed by atoms with Crippen LogP contribution in [0.15, 0.2) is 4.63 Å². The Morgan fingerprint density at radius 1 is 1.39 bits per heavy atom. The van der Waals surface area contributed by atoms with Crippen LogP contribution < -0.4 is 5.32 Å². The molecule has 0 aromatic carbocycles. The third-order valence-corrected chi connectivity index (χ3v) is 3.66. The van der Waals surface area contributed by atoms with Crippen molar-refractivity contribution in [2.45, 2.75) is 52.1 Å². The second-order valence-electron chi connectivity index (χ2n) is 5.12. The summed E-state index contributed by atoms with van der Waals surface area (Å²) in [6.45, 7) is 8.38. The third-order valence-electron chi connectivity index (χ3n) is 3.66. The topological polar surface area (TPSA) is 54.2 Å². The van der Waals surface area contributed by atoms with Gasteiger partial charge in [0.1, 0.15) is 11.4 Å². The van der Waals surface area contributed by atoms with Crippen LogP contribution in [0.1, 0.15) is 44.0 Å². The zero-order valence-corrected chi connectivity index (χ0v) is 11.5. The van der Waals surface area contributed by atoms with E-state index in [0.29, 0.717) is 6.04 Å². The molecule has 0 radical (unpaired) electrons. The van der Waals surface area contributed by atoms with Gasteiger partial charge in [-0.3, -0.25) is 4.90 Å². The van der Waals surface area contributed by atoms with Gasteiger partial charge in [0.05, 0.1) is 0 Å². The third kappa shape index (κ3) is 3.53. The summed E-state index contributed by atoms with van der Waals surface area (Å²) in [4.78, 5) is 2.51. The van der Waals surface area contributed by atoms with E-state index in [9.17, 15) is 0 Å². The predicted octanol–water partition coefficient (Wildman–Crippen LogP) is 1.73. The maximum absolute atomic E-state index is 4.78. The van der Waals surface area contributed by atoms with Crippen LogP contribution in [0.3, 0.4) is 0 Å². The standard InChI is InChI=1S/C13H24N4O/c1-3-7-14-9-12-6-4-5-8-17(12)10-13-11(2)15-18-16-13/h12,14H,3-10H2,1-2H3. The van der Waals surface area contributed by atoms with Gasteiger partial charge in [-0.25, -0.2) is 4.63 Å². The van der Waals surface area contributed by atoms with Crippen LogP contribution in [0.5, 0.6) is 0 Å². The lowest BCUT2D eigenvalue weighted by atomic mass is 10.0. The van der Waals surface area contributed by atoms with Crippen molar-refractivity contribution in [3.05, 3.63) is 11.4 Å². The molecule has 102 valence electrons. The summed E-state index contributed by atoms with van der Waals surface area (Å²) < 4.78 is 4.78. The Labute approximate surface area is 109 Å². The Morgan fingerprint density at radius 3 is 3.00 bits per heavy atom. The van der Waals surface area contributed by atoms with E-state index in [1.54, 1.807) is 0 Å². The zero-order valence-electron chi connectivity index (χ0n) is 11.5. The number of likely N-dealkylation sites (tertiary alicyclic amines) is 1. The fourth-order valence-electron chi connectivity index (χ4n) is 2.53. The summed E-state index contributed by atoms with van der Waals surface area (Å²) >= 11 is 0. The molecular weight excluding hydrogens is 228 g/mol. The Bertz CT molecular complexity index is 353. The molecule has 0 bridgehead atoms. The molecule has 0 saturated carbocycles. The van der Waals surface area contributed by atoms with E-state index in [2.05, 4.69) is 27.5 Å². The van der Waals surface area contributed by atoms with Crippen molar-refractivity contribution in [3.8, 4) is 0 Å². The minimum atomic E-state index is 0.626. The lowest BCUT2D eigenvalue weighted by Gasteiger charge is -2.35. The average Bonchev–Trinajstić information content (AvgIpc) is 2.78. The second-order valence-corrected chi connectivity index (χ2v) is 5.12. The van der Waals surface area contributed by atoms with E-state index >= 15 is 0 Å². The van der Waals surface area contributed by atoms with Crippen molar-refractivity contribution >= 4 is 0 Å². The minimum Gasteiger partial charge on any atom is -0.315 e. The van der Waals surface area contributed by atoms with Crippen LogP contribution in [0.2, 0.25) is 0 Å². The fourth-order valence-corrected chi connectivity index (χ4v) is 2.53.